The van der Waals surface area contributed by atoms with Crippen LogP contribution in [0.25, 0.3) is 22.4 Å². The van der Waals surface area contributed by atoms with Gasteiger partial charge in [-0.2, -0.15) is 5.10 Å². The molecule has 0 saturated heterocycles. The van der Waals surface area contributed by atoms with Gasteiger partial charge >= 0.3 is 0 Å². The molecule has 2 aromatic carbocycles. The molecule has 0 aliphatic heterocycles. The van der Waals surface area contributed by atoms with Gasteiger partial charge in [-0.1, -0.05) is 118 Å². The molecule has 0 unspecified atom stereocenters. The predicted molar refractivity (Wildman–Crippen MR) is 147 cm³/mol. The largest absolute Gasteiger partial charge is 0.349 e. The van der Waals surface area contributed by atoms with Gasteiger partial charge in [-0.15, -0.1) is 0 Å². The number of hydrogen-bond donors (Lipinski definition) is 1. The van der Waals surface area contributed by atoms with Crippen molar-refractivity contribution in [3.63, 3.8) is 0 Å². The molecule has 1 aliphatic rings. The van der Waals surface area contributed by atoms with Gasteiger partial charge in [-0.25, -0.2) is 4.68 Å². The normalized spacial score (nSPS) is 16.0. The van der Waals surface area contributed by atoms with E-state index in [2.05, 4.69) is 5.32 Å². The SMILES string of the molecule is CCn1nc(-c2ccccc2)c(-c2ccccc2)c(C(=O)NC2CCCCCCCCCCC2)c1=O. The number of carbonyl (C=O) groups excluding carboxylic acids is 1. The second kappa shape index (κ2) is 13.2. The smallest absolute Gasteiger partial charge is 0.280 e. The first kappa shape index (κ1) is 25.9. The van der Waals surface area contributed by atoms with E-state index < -0.39 is 0 Å². The summed E-state index contributed by atoms with van der Waals surface area (Å²) in [6, 6.07) is 19.6. The minimum atomic E-state index is -0.332. The molecule has 1 N–H and O–H groups in total. The molecular formula is C31H39N3O2. The van der Waals surface area contributed by atoms with Crippen molar-refractivity contribution in [3.05, 3.63) is 76.6 Å². The number of nitrogens with zero attached hydrogens (tertiary/aromatic N) is 2. The van der Waals surface area contributed by atoms with E-state index in [9.17, 15) is 9.59 Å². The topological polar surface area (TPSA) is 64.0 Å². The first-order chi connectivity index (χ1) is 17.7. The minimum absolute atomic E-state index is 0.0865. The lowest BCUT2D eigenvalue weighted by atomic mass is 9.94. The summed E-state index contributed by atoms with van der Waals surface area (Å²) in [6.07, 6.45) is 13.1. The number of hydrogen-bond acceptors (Lipinski definition) is 3. The lowest BCUT2D eigenvalue weighted by molar-refractivity contribution is 0.0929. The van der Waals surface area contributed by atoms with Gasteiger partial charge in [0, 0.05) is 23.7 Å². The zero-order valence-electron chi connectivity index (χ0n) is 21.5. The zero-order chi connectivity index (χ0) is 25.2. The average molecular weight is 486 g/mol. The lowest BCUT2D eigenvalue weighted by Gasteiger charge is -2.22. The van der Waals surface area contributed by atoms with Crippen LogP contribution in [0, 0.1) is 0 Å². The molecule has 190 valence electrons. The van der Waals surface area contributed by atoms with Gasteiger partial charge in [0.25, 0.3) is 11.5 Å². The third-order valence-electron chi connectivity index (χ3n) is 7.23. The number of aromatic nitrogens is 2. The Labute approximate surface area is 215 Å². The fraction of sp³-hybridized carbons (Fsp3) is 0.452. The number of benzene rings is 2. The first-order valence-electron chi connectivity index (χ1n) is 13.8. The van der Waals surface area contributed by atoms with E-state index in [0.717, 1.165) is 36.8 Å². The van der Waals surface area contributed by atoms with E-state index in [0.29, 0.717) is 17.8 Å². The van der Waals surface area contributed by atoms with Crippen LogP contribution in [0.1, 0.15) is 87.9 Å². The van der Waals surface area contributed by atoms with Crippen molar-refractivity contribution in [3.8, 4) is 22.4 Å². The predicted octanol–water partition coefficient (Wildman–Crippen LogP) is 7.00. The number of aryl methyl sites for hydroxylation is 1. The van der Waals surface area contributed by atoms with Crippen molar-refractivity contribution >= 4 is 5.91 Å². The van der Waals surface area contributed by atoms with E-state index in [4.69, 9.17) is 5.10 Å². The number of amides is 1. The summed E-state index contributed by atoms with van der Waals surface area (Å²) < 4.78 is 1.42. The van der Waals surface area contributed by atoms with Crippen LogP contribution in [0.2, 0.25) is 0 Å². The van der Waals surface area contributed by atoms with Gasteiger partial charge in [0.1, 0.15) is 5.56 Å². The molecule has 1 amide bonds. The maximum Gasteiger partial charge on any atom is 0.280 e. The average Bonchev–Trinajstić information content (AvgIpc) is 2.90. The molecule has 0 spiro atoms. The minimum Gasteiger partial charge on any atom is -0.349 e. The summed E-state index contributed by atoms with van der Waals surface area (Å²) in [5, 5.41) is 8.01. The molecule has 0 bridgehead atoms. The number of rotatable bonds is 5. The van der Waals surface area contributed by atoms with E-state index >= 15 is 0 Å². The molecule has 3 aromatic rings. The maximum absolute atomic E-state index is 13.9. The van der Waals surface area contributed by atoms with Gasteiger partial charge in [0.05, 0.1) is 5.69 Å². The molecular weight excluding hydrogens is 446 g/mol. The van der Waals surface area contributed by atoms with Crippen molar-refractivity contribution in [2.75, 3.05) is 0 Å². The van der Waals surface area contributed by atoms with Crippen LogP contribution in [-0.4, -0.2) is 21.7 Å². The summed E-state index contributed by atoms with van der Waals surface area (Å²) in [6.45, 7) is 2.29. The van der Waals surface area contributed by atoms with Crippen molar-refractivity contribution in [2.24, 2.45) is 0 Å². The number of carbonyl (C=O) groups is 1. The van der Waals surface area contributed by atoms with Crippen LogP contribution in [0.5, 0.6) is 0 Å². The molecule has 1 aliphatic carbocycles. The summed E-state index contributed by atoms with van der Waals surface area (Å²) in [4.78, 5) is 27.5. The highest BCUT2D eigenvalue weighted by Gasteiger charge is 2.26. The van der Waals surface area contributed by atoms with Crippen LogP contribution in [0.15, 0.2) is 65.5 Å². The van der Waals surface area contributed by atoms with E-state index in [1.54, 1.807) is 0 Å². The van der Waals surface area contributed by atoms with Crippen molar-refractivity contribution < 1.29 is 4.79 Å². The van der Waals surface area contributed by atoms with Gasteiger partial charge in [0.2, 0.25) is 0 Å². The quantitative estimate of drug-likeness (QED) is 0.423. The molecule has 1 saturated carbocycles. The zero-order valence-corrected chi connectivity index (χ0v) is 21.5. The summed E-state index contributed by atoms with van der Waals surface area (Å²) in [5.41, 5.74) is 2.85. The fourth-order valence-electron chi connectivity index (χ4n) is 5.24. The second-order valence-corrected chi connectivity index (χ2v) is 9.88. The molecule has 1 aromatic heterocycles. The summed E-state index contributed by atoms with van der Waals surface area (Å²) >= 11 is 0. The molecule has 0 radical (unpaired) electrons. The third-order valence-corrected chi connectivity index (χ3v) is 7.23. The Bertz CT molecular complexity index is 1160. The molecule has 36 heavy (non-hydrogen) atoms. The Balaban J connectivity index is 1.74. The Morgan fingerprint density at radius 3 is 1.83 bits per heavy atom. The standard InChI is InChI=1S/C31H39N3O2/c1-2-34-31(36)28(30(35)32-26-22-16-8-6-4-3-5-7-9-17-23-26)27(24-18-12-10-13-19-24)29(33-34)25-20-14-11-15-21-25/h10-15,18-21,26H,2-9,16-17,22-23H2,1H3,(H,32,35). The Morgan fingerprint density at radius 2 is 1.31 bits per heavy atom. The fourth-order valence-corrected chi connectivity index (χ4v) is 5.24. The Hall–Kier alpha value is -3.21. The van der Waals surface area contributed by atoms with Crippen molar-refractivity contribution in [2.45, 2.75) is 90.1 Å². The summed E-state index contributed by atoms with van der Waals surface area (Å²) in [5.74, 6) is -0.280. The first-order valence-corrected chi connectivity index (χ1v) is 13.8. The van der Waals surface area contributed by atoms with Crippen molar-refractivity contribution in [1.82, 2.24) is 15.1 Å². The molecule has 1 fully saturated rings. The van der Waals surface area contributed by atoms with E-state index in [1.165, 1.54) is 49.6 Å². The van der Waals surface area contributed by atoms with Crippen LogP contribution in [-0.2, 0) is 6.54 Å². The molecule has 4 rings (SSSR count). The molecule has 5 nitrogen and oxygen atoms in total. The summed E-state index contributed by atoms with van der Waals surface area (Å²) in [7, 11) is 0. The highest BCUT2D eigenvalue weighted by Crippen LogP contribution is 2.32. The highest BCUT2D eigenvalue weighted by molar-refractivity contribution is 6.03. The van der Waals surface area contributed by atoms with Gasteiger partial charge in [0.15, 0.2) is 0 Å². The molecule has 1 heterocycles. The van der Waals surface area contributed by atoms with Gasteiger partial charge < -0.3 is 5.32 Å². The molecule has 0 atom stereocenters. The third kappa shape index (κ3) is 6.51. The maximum atomic E-state index is 13.9. The van der Waals surface area contributed by atoms with Crippen LogP contribution in [0.3, 0.4) is 0 Å². The second-order valence-electron chi connectivity index (χ2n) is 9.88. The molecule has 5 heteroatoms. The van der Waals surface area contributed by atoms with Crippen LogP contribution < -0.4 is 10.9 Å². The lowest BCUT2D eigenvalue weighted by Crippen LogP contribution is -2.40. The Morgan fingerprint density at radius 1 is 0.806 bits per heavy atom. The highest BCUT2D eigenvalue weighted by atomic mass is 16.2. The number of nitrogens with one attached hydrogen (secondary N) is 1. The Kier molecular flexibility index (Phi) is 9.48. The monoisotopic (exact) mass is 485 g/mol. The van der Waals surface area contributed by atoms with Crippen molar-refractivity contribution in [1.29, 1.82) is 0 Å². The van der Waals surface area contributed by atoms with Gasteiger partial charge in [-0.05, 0) is 25.3 Å². The van der Waals surface area contributed by atoms with Gasteiger partial charge in [-0.3, -0.25) is 9.59 Å². The van der Waals surface area contributed by atoms with E-state index in [1.807, 2.05) is 67.6 Å². The van der Waals surface area contributed by atoms with Crippen LogP contribution >= 0.6 is 0 Å². The van der Waals surface area contributed by atoms with E-state index in [-0.39, 0.29) is 23.1 Å². The van der Waals surface area contributed by atoms with Crippen LogP contribution in [0.4, 0.5) is 0 Å².